The van der Waals surface area contributed by atoms with Gasteiger partial charge in [-0.05, 0) is 36.8 Å². The number of aryl methyl sites for hydroxylation is 1. The smallest absolute Gasteiger partial charge is 0.170 e. The van der Waals surface area contributed by atoms with Crippen LogP contribution in [-0.2, 0) is 0 Å². The van der Waals surface area contributed by atoms with E-state index in [0.29, 0.717) is 5.11 Å². The van der Waals surface area contributed by atoms with Crippen molar-refractivity contribution in [2.75, 3.05) is 11.9 Å². The average molecular weight is 180 g/mol. The third-order valence-electron chi connectivity index (χ3n) is 1.72. The molecule has 0 aliphatic heterocycles. The zero-order chi connectivity index (χ0) is 9.14. The lowest BCUT2D eigenvalue weighted by molar-refractivity contribution is 1.25. The van der Waals surface area contributed by atoms with Crippen molar-refractivity contribution in [2.24, 2.45) is 5.73 Å². The van der Waals surface area contributed by atoms with Crippen LogP contribution in [0.15, 0.2) is 24.3 Å². The maximum absolute atomic E-state index is 5.48. The third kappa shape index (κ3) is 1.95. The average Bonchev–Trinajstić information content (AvgIpc) is 2.03. The standard InChI is InChI=1S/C9H12N2S/c1-7-4-3-5-8(6-7)11(2)9(10)12/h3-6H,1-2H3,(H2,10,12). The molecule has 0 aliphatic carbocycles. The van der Waals surface area contributed by atoms with Gasteiger partial charge in [-0.15, -0.1) is 0 Å². The molecule has 0 atom stereocenters. The molecule has 2 nitrogen and oxygen atoms in total. The minimum atomic E-state index is 0.389. The van der Waals surface area contributed by atoms with Crippen LogP contribution in [0.25, 0.3) is 0 Å². The summed E-state index contributed by atoms with van der Waals surface area (Å²) in [6, 6.07) is 8.04. The molecule has 0 heterocycles. The molecule has 0 amide bonds. The Balaban J connectivity index is 2.95. The summed E-state index contributed by atoms with van der Waals surface area (Å²) in [5.41, 5.74) is 7.71. The van der Waals surface area contributed by atoms with E-state index in [9.17, 15) is 0 Å². The van der Waals surface area contributed by atoms with Gasteiger partial charge in [-0.2, -0.15) is 0 Å². The zero-order valence-corrected chi connectivity index (χ0v) is 8.06. The molecule has 0 unspecified atom stereocenters. The largest absolute Gasteiger partial charge is 0.376 e. The molecule has 0 bridgehead atoms. The number of rotatable bonds is 1. The highest BCUT2D eigenvalue weighted by Gasteiger charge is 2.01. The van der Waals surface area contributed by atoms with Crippen molar-refractivity contribution in [3.05, 3.63) is 29.8 Å². The second-order valence-corrected chi connectivity index (χ2v) is 3.15. The molecule has 64 valence electrons. The second kappa shape index (κ2) is 3.54. The monoisotopic (exact) mass is 180 g/mol. The van der Waals surface area contributed by atoms with Gasteiger partial charge in [0.2, 0.25) is 0 Å². The fourth-order valence-electron chi connectivity index (χ4n) is 0.964. The fourth-order valence-corrected chi connectivity index (χ4v) is 1.07. The van der Waals surface area contributed by atoms with Crippen molar-refractivity contribution >= 4 is 23.0 Å². The molecule has 2 N–H and O–H groups in total. The second-order valence-electron chi connectivity index (χ2n) is 2.74. The predicted molar refractivity (Wildman–Crippen MR) is 56.4 cm³/mol. The quantitative estimate of drug-likeness (QED) is 0.667. The first kappa shape index (κ1) is 9.00. The Kier molecular flexibility index (Phi) is 2.65. The molecule has 3 heteroatoms. The first-order chi connectivity index (χ1) is 5.61. The van der Waals surface area contributed by atoms with E-state index in [1.54, 1.807) is 4.90 Å². The van der Waals surface area contributed by atoms with Gasteiger partial charge < -0.3 is 10.6 Å². The number of nitrogens with zero attached hydrogens (tertiary/aromatic N) is 1. The van der Waals surface area contributed by atoms with Crippen molar-refractivity contribution in [1.29, 1.82) is 0 Å². The number of thiocarbonyl (C=S) groups is 1. The lowest BCUT2D eigenvalue weighted by atomic mass is 10.2. The van der Waals surface area contributed by atoms with E-state index < -0.39 is 0 Å². The van der Waals surface area contributed by atoms with Gasteiger partial charge in [0.1, 0.15) is 0 Å². The zero-order valence-electron chi connectivity index (χ0n) is 7.24. The van der Waals surface area contributed by atoms with Crippen LogP contribution in [0.2, 0.25) is 0 Å². The number of hydrogen-bond acceptors (Lipinski definition) is 1. The molecule has 0 fully saturated rings. The molecular weight excluding hydrogens is 168 g/mol. The predicted octanol–water partition coefficient (Wildman–Crippen LogP) is 1.67. The van der Waals surface area contributed by atoms with Crippen LogP contribution in [0.3, 0.4) is 0 Å². The molecule has 1 aromatic carbocycles. The van der Waals surface area contributed by atoms with Gasteiger partial charge >= 0.3 is 0 Å². The van der Waals surface area contributed by atoms with E-state index in [0.717, 1.165) is 5.69 Å². The van der Waals surface area contributed by atoms with Crippen LogP contribution in [-0.4, -0.2) is 12.2 Å². The van der Waals surface area contributed by atoms with Gasteiger partial charge in [0.15, 0.2) is 5.11 Å². The molecule has 1 aromatic rings. The fraction of sp³-hybridized carbons (Fsp3) is 0.222. The Morgan fingerprint density at radius 2 is 2.17 bits per heavy atom. The Bertz CT molecular complexity index is 296. The maximum Gasteiger partial charge on any atom is 0.170 e. The Morgan fingerprint density at radius 1 is 1.50 bits per heavy atom. The molecule has 0 spiro atoms. The van der Waals surface area contributed by atoms with Gasteiger partial charge in [-0.3, -0.25) is 0 Å². The molecule has 0 aromatic heterocycles. The summed E-state index contributed by atoms with van der Waals surface area (Å²) in [6.45, 7) is 2.04. The van der Waals surface area contributed by atoms with E-state index >= 15 is 0 Å². The van der Waals surface area contributed by atoms with Crippen molar-refractivity contribution in [2.45, 2.75) is 6.92 Å². The molecule has 0 aliphatic rings. The number of anilines is 1. The highest BCUT2D eigenvalue weighted by molar-refractivity contribution is 7.80. The Morgan fingerprint density at radius 3 is 2.67 bits per heavy atom. The highest BCUT2D eigenvalue weighted by Crippen LogP contribution is 2.13. The summed E-state index contributed by atoms with van der Waals surface area (Å²) < 4.78 is 0. The van der Waals surface area contributed by atoms with Crippen LogP contribution in [0.4, 0.5) is 5.69 Å². The lowest BCUT2D eigenvalue weighted by Gasteiger charge is -2.16. The van der Waals surface area contributed by atoms with E-state index in [4.69, 9.17) is 18.0 Å². The number of benzene rings is 1. The summed E-state index contributed by atoms with van der Waals surface area (Å²) in [5, 5.41) is 0.389. The summed E-state index contributed by atoms with van der Waals surface area (Å²) in [4.78, 5) is 1.78. The van der Waals surface area contributed by atoms with Gasteiger partial charge in [0.05, 0.1) is 0 Å². The number of nitrogens with two attached hydrogens (primary N) is 1. The summed E-state index contributed by atoms with van der Waals surface area (Å²) in [5.74, 6) is 0. The normalized spacial score (nSPS) is 9.50. The van der Waals surface area contributed by atoms with E-state index in [1.165, 1.54) is 5.56 Å². The Labute approximate surface area is 78.0 Å². The van der Waals surface area contributed by atoms with Crippen molar-refractivity contribution in [1.82, 2.24) is 0 Å². The SMILES string of the molecule is Cc1cccc(N(C)C(N)=S)c1. The Hall–Kier alpha value is -1.09. The van der Waals surface area contributed by atoms with E-state index in [1.807, 2.05) is 38.2 Å². The minimum absolute atomic E-state index is 0.389. The molecule has 0 saturated heterocycles. The van der Waals surface area contributed by atoms with Crippen molar-refractivity contribution in [3.8, 4) is 0 Å². The topological polar surface area (TPSA) is 29.3 Å². The van der Waals surface area contributed by atoms with Crippen LogP contribution < -0.4 is 10.6 Å². The number of hydrogen-bond donors (Lipinski definition) is 1. The summed E-state index contributed by atoms with van der Waals surface area (Å²) in [6.07, 6.45) is 0. The van der Waals surface area contributed by atoms with Crippen molar-refractivity contribution < 1.29 is 0 Å². The molecule has 12 heavy (non-hydrogen) atoms. The first-order valence-corrected chi connectivity index (χ1v) is 4.12. The van der Waals surface area contributed by atoms with E-state index in [-0.39, 0.29) is 0 Å². The third-order valence-corrected chi connectivity index (χ3v) is 1.99. The molecule has 1 rings (SSSR count). The van der Waals surface area contributed by atoms with Gasteiger partial charge in [-0.1, -0.05) is 12.1 Å². The molecule has 0 radical (unpaired) electrons. The summed E-state index contributed by atoms with van der Waals surface area (Å²) in [7, 11) is 1.86. The lowest BCUT2D eigenvalue weighted by Crippen LogP contribution is -2.31. The van der Waals surface area contributed by atoms with Crippen molar-refractivity contribution in [3.63, 3.8) is 0 Å². The van der Waals surface area contributed by atoms with Gasteiger partial charge in [0, 0.05) is 12.7 Å². The van der Waals surface area contributed by atoms with Gasteiger partial charge in [-0.25, -0.2) is 0 Å². The summed E-state index contributed by atoms with van der Waals surface area (Å²) >= 11 is 4.85. The van der Waals surface area contributed by atoms with E-state index in [2.05, 4.69) is 0 Å². The maximum atomic E-state index is 5.48. The highest BCUT2D eigenvalue weighted by atomic mass is 32.1. The molecular formula is C9H12N2S. The van der Waals surface area contributed by atoms with Crippen LogP contribution in [0, 0.1) is 6.92 Å². The van der Waals surface area contributed by atoms with Crippen LogP contribution in [0.5, 0.6) is 0 Å². The van der Waals surface area contributed by atoms with Crippen LogP contribution >= 0.6 is 12.2 Å². The molecule has 0 saturated carbocycles. The first-order valence-electron chi connectivity index (χ1n) is 3.71. The van der Waals surface area contributed by atoms with Crippen LogP contribution in [0.1, 0.15) is 5.56 Å². The van der Waals surface area contributed by atoms with Gasteiger partial charge in [0.25, 0.3) is 0 Å². The minimum Gasteiger partial charge on any atom is -0.376 e.